The Hall–Kier alpha value is -2.90. The Morgan fingerprint density at radius 1 is 1.30 bits per heavy atom. The molecule has 8 nitrogen and oxygen atoms in total. The van der Waals surface area contributed by atoms with Crippen molar-refractivity contribution in [1.82, 2.24) is 10.2 Å². The molecule has 1 atom stereocenters. The maximum atomic E-state index is 12.7. The van der Waals surface area contributed by atoms with Gasteiger partial charge in [0.05, 0.1) is 0 Å². The zero-order valence-corrected chi connectivity index (χ0v) is 15.2. The van der Waals surface area contributed by atoms with Crippen molar-refractivity contribution in [2.24, 2.45) is 0 Å². The van der Waals surface area contributed by atoms with Gasteiger partial charge in [-0.05, 0) is 43.9 Å². The van der Waals surface area contributed by atoms with Crippen LogP contribution < -0.4 is 10.6 Å². The van der Waals surface area contributed by atoms with E-state index in [2.05, 4.69) is 10.6 Å². The van der Waals surface area contributed by atoms with Crippen molar-refractivity contribution in [3.05, 3.63) is 29.8 Å². The molecule has 1 heterocycles. The highest BCUT2D eigenvalue weighted by Crippen LogP contribution is 2.35. The van der Waals surface area contributed by atoms with Crippen molar-refractivity contribution in [1.29, 1.82) is 0 Å². The van der Waals surface area contributed by atoms with Crippen LogP contribution in [-0.4, -0.2) is 45.4 Å². The number of imide groups is 1. The maximum absolute atomic E-state index is 12.7. The van der Waals surface area contributed by atoms with Crippen LogP contribution in [0.3, 0.4) is 0 Å². The molecule has 1 aromatic rings. The average Bonchev–Trinajstić information content (AvgIpc) is 3.18. The van der Waals surface area contributed by atoms with Crippen LogP contribution in [-0.2, 0) is 20.8 Å². The number of amides is 4. The number of carboxylic acids is 1. The van der Waals surface area contributed by atoms with Crippen LogP contribution in [0.4, 0.5) is 10.5 Å². The number of nitrogens with zero attached hydrogens (tertiary/aromatic N) is 1. The van der Waals surface area contributed by atoms with Gasteiger partial charge in [0.25, 0.3) is 5.91 Å². The molecule has 0 bridgehead atoms. The number of urea groups is 1. The highest BCUT2D eigenvalue weighted by atomic mass is 16.4. The Morgan fingerprint density at radius 2 is 2.00 bits per heavy atom. The second-order valence-electron chi connectivity index (χ2n) is 7.15. The molecule has 0 aromatic heterocycles. The molecular formula is C19H23N3O5. The number of aryl methyl sites for hydroxylation is 1. The SMILES string of the molecule is CC(C(=O)Nc1cccc(CCC(=O)O)c1)N1C(=O)NC2(CCCC2)C1=O. The Balaban J connectivity index is 1.67. The monoisotopic (exact) mass is 373 g/mol. The standard InChI is InChI=1S/C19H23N3O5/c1-12(22-17(26)19(21-18(22)27)9-2-3-10-19)16(25)20-14-6-4-5-13(11-14)7-8-15(23)24/h4-6,11-12H,2-3,7-10H2,1H3,(H,20,25)(H,21,27)(H,23,24). The summed E-state index contributed by atoms with van der Waals surface area (Å²) < 4.78 is 0. The molecule has 1 aliphatic heterocycles. The van der Waals surface area contributed by atoms with Gasteiger partial charge in [-0.1, -0.05) is 25.0 Å². The smallest absolute Gasteiger partial charge is 0.325 e. The first-order chi connectivity index (χ1) is 12.8. The van der Waals surface area contributed by atoms with Crippen molar-refractivity contribution in [2.75, 3.05) is 5.32 Å². The van der Waals surface area contributed by atoms with Gasteiger partial charge in [-0.15, -0.1) is 0 Å². The predicted octanol–water partition coefficient (Wildman–Crippen LogP) is 1.90. The van der Waals surface area contributed by atoms with E-state index < -0.39 is 29.5 Å². The molecule has 0 radical (unpaired) electrons. The number of benzene rings is 1. The summed E-state index contributed by atoms with van der Waals surface area (Å²) in [5.74, 6) is -1.69. The first kappa shape index (κ1) is 18.9. The van der Waals surface area contributed by atoms with Crippen LogP contribution in [0.25, 0.3) is 0 Å². The Morgan fingerprint density at radius 3 is 2.67 bits per heavy atom. The van der Waals surface area contributed by atoms with Crippen molar-refractivity contribution in [2.45, 2.75) is 57.0 Å². The van der Waals surface area contributed by atoms with E-state index in [0.29, 0.717) is 24.9 Å². The lowest BCUT2D eigenvalue weighted by Crippen LogP contribution is -2.48. The van der Waals surface area contributed by atoms with E-state index in [4.69, 9.17) is 5.11 Å². The third kappa shape index (κ3) is 3.79. The molecule has 1 spiro atoms. The van der Waals surface area contributed by atoms with E-state index in [-0.39, 0.29) is 12.3 Å². The summed E-state index contributed by atoms with van der Waals surface area (Å²) in [4.78, 5) is 49.3. The molecule has 1 saturated carbocycles. The minimum Gasteiger partial charge on any atom is -0.481 e. The van der Waals surface area contributed by atoms with Gasteiger partial charge in [-0.2, -0.15) is 0 Å². The van der Waals surface area contributed by atoms with Crippen molar-refractivity contribution >= 4 is 29.5 Å². The fourth-order valence-corrected chi connectivity index (χ4v) is 3.73. The van der Waals surface area contributed by atoms with E-state index in [1.165, 1.54) is 6.92 Å². The molecule has 144 valence electrons. The van der Waals surface area contributed by atoms with Gasteiger partial charge >= 0.3 is 12.0 Å². The largest absolute Gasteiger partial charge is 0.481 e. The molecule has 8 heteroatoms. The Bertz CT molecular complexity index is 785. The molecular weight excluding hydrogens is 350 g/mol. The van der Waals surface area contributed by atoms with E-state index in [1.54, 1.807) is 24.3 Å². The van der Waals surface area contributed by atoms with Gasteiger partial charge in [-0.25, -0.2) is 9.69 Å². The minimum absolute atomic E-state index is 0.00165. The van der Waals surface area contributed by atoms with Crippen molar-refractivity contribution < 1.29 is 24.3 Å². The molecule has 3 rings (SSSR count). The number of carboxylic acid groups (broad SMARTS) is 1. The molecule has 2 fully saturated rings. The van der Waals surface area contributed by atoms with Crippen molar-refractivity contribution in [3.8, 4) is 0 Å². The Labute approximate surface area is 156 Å². The molecule has 1 aliphatic carbocycles. The zero-order valence-electron chi connectivity index (χ0n) is 15.2. The number of anilines is 1. The zero-order chi connectivity index (χ0) is 19.6. The number of carbonyl (C=O) groups is 4. The molecule has 1 unspecified atom stereocenters. The van der Waals surface area contributed by atoms with Crippen LogP contribution in [0.5, 0.6) is 0 Å². The number of carbonyl (C=O) groups excluding carboxylic acids is 3. The summed E-state index contributed by atoms with van der Waals surface area (Å²) >= 11 is 0. The highest BCUT2D eigenvalue weighted by molar-refractivity contribution is 6.11. The lowest BCUT2D eigenvalue weighted by Gasteiger charge is -2.23. The molecule has 27 heavy (non-hydrogen) atoms. The second kappa shape index (κ2) is 7.38. The van der Waals surface area contributed by atoms with Crippen LogP contribution in [0, 0.1) is 0 Å². The Kier molecular flexibility index (Phi) is 5.16. The van der Waals surface area contributed by atoms with Gasteiger partial charge in [0.15, 0.2) is 0 Å². The van der Waals surface area contributed by atoms with E-state index in [9.17, 15) is 19.2 Å². The summed E-state index contributed by atoms with van der Waals surface area (Å²) in [7, 11) is 0. The number of hydrogen-bond acceptors (Lipinski definition) is 4. The lowest BCUT2D eigenvalue weighted by atomic mass is 9.97. The summed E-state index contributed by atoms with van der Waals surface area (Å²) in [6.07, 6.45) is 3.32. The molecule has 4 amide bonds. The van der Waals surface area contributed by atoms with Gasteiger partial charge < -0.3 is 15.7 Å². The van der Waals surface area contributed by atoms with E-state index in [1.807, 2.05) is 0 Å². The predicted molar refractivity (Wildman–Crippen MR) is 97.1 cm³/mol. The van der Waals surface area contributed by atoms with Crippen LogP contribution >= 0.6 is 0 Å². The van der Waals surface area contributed by atoms with Crippen molar-refractivity contribution in [3.63, 3.8) is 0 Å². The first-order valence-corrected chi connectivity index (χ1v) is 9.10. The molecule has 1 aromatic carbocycles. The quantitative estimate of drug-likeness (QED) is 0.659. The van der Waals surface area contributed by atoms with Gasteiger partial charge in [-0.3, -0.25) is 14.4 Å². The fourth-order valence-electron chi connectivity index (χ4n) is 3.73. The number of aliphatic carboxylic acids is 1. The molecule has 1 saturated heterocycles. The number of nitrogens with one attached hydrogen (secondary N) is 2. The number of rotatable bonds is 6. The van der Waals surface area contributed by atoms with Gasteiger partial charge in [0.1, 0.15) is 11.6 Å². The van der Waals surface area contributed by atoms with Crippen LogP contribution in [0.2, 0.25) is 0 Å². The minimum atomic E-state index is -0.944. The number of hydrogen-bond donors (Lipinski definition) is 3. The van der Waals surface area contributed by atoms with E-state index in [0.717, 1.165) is 23.3 Å². The summed E-state index contributed by atoms with van der Waals surface area (Å²) in [6.45, 7) is 1.52. The van der Waals surface area contributed by atoms with Gasteiger partial charge in [0, 0.05) is 12.1 Å². The second-order valence-corrected chi connectivity index (χ2v) is 7.15. The lowest BCUT2D eigenvalue weighted by molar-refractivity contribution is -0.137. The third-order valence-corrected chi connectivity index (χ3v) is 5.24. The fraction of sp³-hybridized carbons (Fsp3) is 0.474. The molecule has 2 aliphatic rings. The van der Waals surface area contributed by atoms with Gasteiger partial charge in [0.2, 0.25) is 5.91 Å². The normalized spacial score (nSPS) is 19.2. The van der Waals surface area contributed by atoms with Crippen LogP contribution in [0.1, 0.15) is 44.6 Å². The van der Waals surface area contributed by atoms with Crippen LogP contribution in [0.15, 0.2) is 24.3 Å². The topological polar surface area (TPSA) is 116 Å². The summed E-state index contributed by atoms with van der Waals surface area (Å²) in [5, 5.41) is 14.2. The maximum Gasteiger partial charge on any atom is 0.325 e. The molecule has 3 N–H and O–H groups in total. The highest BCUT2D eigenvalue weighted by Gasteiger charge is 2.54. The average molecular weight is 373 g/mol. The first-order valence-electron chi connectivity index (χ1n) is 9.10. The summed E-state index contributed by atoms with van der Waals surface area (Å²) in [6, 6.07) is 5.40. The third-order valence-electron chi connectivity index (χ3n) is 5.24. The summed E-state index contributed by atoms with van der Waals surface area (Å²) in [5.41, 5.74) is 0.433. The van der Waals surface area contributed by atoms with E-state index >= 15 is 0 Å².